The Bertz CT molecular complexity index is 498. The minimum Gasteiger partial charge on any atom is -0.378 e. The summed E-state index contributed by atoms with van der Waals surface area (Å²) >= 11 is 0. The fourth-order valence-electron chi connectivity index (χ4n) is 3.37. The number of ether oxygens (including phenoxy) is 1. The smallest absolute Gasteiger partial charge is 0.274 e. The molecule has 1 N–H and O–H groups in total. The largest absolute Gasteiger partial charge is 0.378 e. The van der Waals surface area contributed by atoms with Crippen molar-refractivity contribution in [2.75, 3.05) is 19.7 Å². The zero-order chi connectivity index (χ0) is 14.7. The number of carbonyl (C=O) groups excluding carboxylic acids is 1. The van der Waals surface area contributed by atoms with Crippen LogP contribution in [0, 0.1) is 0 Å². The number of hydrogen-bond donors (Lipinski definition) is 1. The second kappa shape index (κ2) is 6.60. The van der Waals surface area contributed by atoms with Gasteiger partial charge in [0.05, 0.1) is 6.10 Å². The van der Waals surface area contributed by atoms with Crippen LogP contribution in [0.1, 0.15) is 60.8 Å². The number of nitrogens with zero attached hydrogens (tertiary/aromatic N) is 2. The maximum absolute atomic E-state index is 12.7. The molecule has 116 valence electrons. The summed E-state index contributed by atoms with van der Waals surface area (Å²) in [6.45, 7) is 4.57. The molecule has 21 heavy (non-hydrogen) atoms. The van der Waals surface area contributed by atoms with Crippen LogP contribution in [0.5, 0.6) is 0 Å². The lowest BCUT2D eigenvalue weighted by Crippen LogP contribution is -2.33. The number of likely N-dealkylation sites (tertiary alicyclic amines) is 1. The Morgan fingerprint density at radius 3 is 3.10 bits per heavy atom. The maximum atomic E-state index is 12.7. The molecule has 1 amide bonds. The Morgan fingerprint density at radius 1 is 1.33 bits per heavy atom. The number of H-pyrrole nitrogens is 1. The fourth-order valence-corrected chi connectivity index (χ4v) is 3.37. The molecular formula is C16H25N3O2. The number of amides is 1. The second-order valence-corrected chi connectivity index (χ2v) is 6.10. The molecule has 5 nitrogen and oxygen atoms in total. The summed E-state index contributed by atoms with van der Waals surface area (Å²) in [7, 11) is 0. The molecule has 1 atom stereocenters. The van der Waals surface area contributed by atoms with E-state index in [1.54, 1.807) is 0 Å². The normalized spacial score (nSPS) is 22.1. The first kappa shape index (κ1) is 14.6. The van der Waals surface area contributed by atoms with Crippen molar-refractivity contribution in [3.8, 4) is 0 Å². The molecule has 0 spiro atoms. The minimum atomic E-state index is 0.102. The number of hydrogen-bond acceptors (Lipinski definition) is 3. The van der Waals surface area contributed by atoms with Crippen LogP contribution in [-0.2, 0) is 17.6 Å². The zero-order valence-electron chi connectivity index (χ0n) is 12.9. The molecule has 1 aliphatic carbocycles. The Labute approximate surface area is 126 Å². The van der Waals surface area contributed by atoms with E-state index in [9.17, 15) is 4.79 Å². The lowest BCUT2D eigenvalue weighted by Gasteiger charge is -2.20. The summed E-state index contributed by atoms with van der Waals surface area (Å²) in [5.74, 6) is 0.102. The minimum absolute atomic E-state index is 0.102. The molecule has 0 saturated carbocycles. The van der Waals surface area contributed by atoms with Gasteiger partial charge in [0.15, 0.2) is 5.69 Å². The molecule has 2 heterocycles. The van der Waals surface area contributed by atoms with E-state index in [1.165, 1.54) is 0 Å². The van der Waals surface area contributed by atoms with Gasteiger partial charge in [0.2, 0.25) is 0 Å². The summed E-state index contributed by atoms with van der Waals surface area (Å²) in [5.41, 5.74) is 2.98. The quantitative estimate of drug-likeness (QED) is 0.926. The highest BCUT2D eigenvalue weighted by Gasteiger charge is 2.28. The van der Waals surface area contributed by atoms with Gasteiger partial charge < -0.3 is 9.64 Å². The first-order chi connectivity index (χ1) is 10.3. The maximum Gasteiger partial charge on any atom is 0.274 e. The van der Waals surface area contributed by atoms with Crippen LogP contribution in [0.15, 0.2) is 0 Å². The summed E-state index contributed by atoms with van der Waals surface area (Å²) in [6, 6.07) is 0. The van der Waals surface area contributed by atoms with Gasteiger partial charge in [-0.25, -0.2) is 0 Å². The highest BCUT2D eigenvalue weighted by molar-refractivity contribution is 5.94. The fraction of sp³-hybridized carbons (Fsp3) is 0.750. The number of aromatic amines is 1. The van der Waals surface area contributed by atoms with Crippen LogP contribution in [0.25, 0.3) is 0 Å². The Kier molecular flexibility index (Phi) is 4.58. The third-order valence-corrected chi connectivity index (χ3v) is 4.53. The van der Waals surface area contributed by atoms with Crippen LogP contribution in [-0.4, -0.2) is 46.8 Å². The summed E-state index contributed by atoms with van der Waals surface area (Å²) in [5, 5.41) is 7.30. The number of carbonyl (C=O) groups is 1. The van der Waals surface area contributed by atoms with Gasteiger partial charge in [-0.05, 0) is 44.9 Å². The van der Waals surface area contributed by atoms with E-state index in [0.29, 0.717) is 11.8 Å². The van der Waals surface area contributed by atoms with Gasteiger partial charge in [0, 0.05) is 31.0 Å². The van der Waals surface area contributed by atoms with Crippen LogP contribution in [0.4, 0.5) is 0 Å². The van der Waals surface area contributed by atoms with E-state index >= 15 is 0 Å². The van der Waals surface area contributed by atoms with Crippen LogP contribution in [0.2, 0.25) is 0 Å². The van der Waals surface area contributed by atoms with Gasteiger partial charge in [-0.2, -0.15) is 5.10 Å². The zero-order valence-corrected chi connectivity index (χ0v) is 12.9. The van der Waals surface area contributed by atoms with Crippen molar-refractivity contribution in [1.29, 1.82) is 0 Å². The molecule has 2 aliphatic rings. The van der Waals surface area contributed by atoms with Gasteiger partial charge in [-0.3, -0.25) is 9.89 Å². The van der Waals surface area contributed by atoms with Gasteiger partial charge in [0.1, 0.15) is 0 Å². The Morgan fingerprint density at radius 2 is 2.24 bits per heavy atom. The van der Waals surface area contributed by atoms with Crippen molar-refractivity contribution >= 4 is 5.91 Å². The molecule has 0 radical (unpaired) electrons. The highest BCUT2D eigenvalue weighted by Crippen LogP contribution is 2.24. The van der Waals surface area contributed by atoms with E-state index in [1.807, 2.05) is 4.90 Å². The van der Waals surface area contributed by atoms with Crippen molar-refractivity contribution in [3.63, 3.8) is 0 Å². The number of nitrogens with one attached hydrogen (secondary N) is 1. The van der Waals surface area contributed by atoms with Gasteiger partial charge in [-0.15, -0.1) is 0 Å². The van der Waals surface area contributed by atoms with Crippen molar-refractivity contribution in [2.24, 2.45) is 0 Å². The summed E-state index contributed by atoms with van der Waals surface area (Å²) in [6.07, 6.45) is 7.54. The van der Waals surface area contributed by atoms with E-state index < -0.39 is 0 Å². The molecule has 1 aliphatic heterocycles. The molecular weight excluding hydrogens is 266 g/mol. The van der Waals surface area contributed by atoms with Crippen molar-refractivity contribution in [3.05, 3.63) is 17.0 Å². The van der Waals surface area contributed by atoms with Crippen molar-refractivity contribution in [1.82, 2.24) is 15.1 Å². The van der Waals surface area contributed by atoms with Gasteiger partial charge >= 0.3 is 0 Å². The van der Waals surface area contributed by atoms with Gasteiger partial charge in [-0.1, -0.05) is 6.92 Å². The SMILES string of the molecule is CCCOC1CCCN(C(=O)c2n[nH]c3c2CCC3)CC1. The van der Waals surface area contributed by atoms with Crippen molar-refractivity contribution in [2.45, 2.75) is 58.0 Å². The predicted molar refractivity (Wildman–Crippen MR) is 80.4 cm³/mol. The van der Waals surface area contributed by atoms with Crippen LogP contribution in [0.3, 0.4) is 0 Å². The van der Waals surface area contributed by atoms with E-state index in [4.69, 9.17) is 4.74 Å². The molecule has 1 fully saturated rings. The molecule has 5 heteroatoms. The average molecular weight is 291 g/mol. The average Bonchev–Trinajstić information content (AvgIpc) is 3.02. The lowest BCUT2D eigenvalue weighted by molar-refractivity contribution is 0.0432. The monoisotopic (exact) mass is 291 g/mol. The van der Waals surface area contributed by atoms with Crippen LogP contribution < -0.4 is 0 Å². The summed E-state index contributed by atoms with van der Waals surface area (Å²) < 4.78 is 5.85. The molecule has 1 unspecified atom stereocenters. The molecule has 1 aromatic rings. The standard InChI is InChI=1S/C16H25N3O2/c1-2-11-21-12-5-4-9-19(10-8-12)16(20)15-13-6-3-7-14(13)17-18-15/h12H,2-11H2,1H3,(H,17,18). The highest BCUT2D eigenvalue weighted by atomic mass is 16.5. The van der Waals surface area contributed by atoms with Crippen molar-refractivity contribution < 1.29 is 9.53 Å². The molecule has 3 rings (SSSR count). The molecule has 1 aromatic heterocycles. The predicted octanol–water partition coefficient (Wildman–Crippen LogP) is 2.32. The van der Waals surface area contributed by atoms with Crippen LogP contribution >= 0.6 is 0 Å². The topological polar surface area (TPSA) is 58.2 Å². The second-order valence-electron chi connectivity index (χ2n) is 6.10. The Hall–Kier alpha value is -1.36. The molecule has 0 aromatic carbocycles. The third-order valence-electron chi connectivity index (χ3n) is 4.53. The third kappa shape index (κ3) is 3.12. The number of fused-ring (bicyclic) bond motifs is 1. The number of aryl methyl sites for hydroxylation is 1. The first-order valence-corrected chi connectivity index (χ1v) is 8.26. The molecule has 1 saturated heterocycles. The van der Waals surface area contributed by atoms with E-state index in [2.05, 4.69) is 17.1 Å². The first-order valence-electron chi connectivity index (χ1n) is 8.26. The number of aromatic nitrogens is 2. The van der Waals surface area contributed by atoms with E-state index in [-0.39, 0.29) is 5.91 Å². The molecule has 0 bridgehead atoms. The van der Waals surface area contributed by atoms with E-state index in [0.717, 1.165) is 75.9 Å². The lowest BCUT2D eigenvalue weighted by atomic mass is 10.1. The van der Waals surface area contributed by atoms with Gasteiger partial charge in [0.25, 0.3) is 5.91 Å². The Balaban J connectivity index is 1.62. The summed E-state index contributed by atoms with van der Waals surface area (Å²) in [4.78, 5) is 14.7. The number of rotatable bonds is 4.